The second kappa shape index (κ2) is 9.40. The first kappa shape index (κ1) is 22.6. The van der Waals surface area contributed by atoms with E-state index >= 15 is 0 Å². The Hall–Kier alpha value is -3.04. The summed E-state index contributed by atoms with van der Waals surface area (Å²) in [7, 11) is 0. The number of carbonyl (C=O) groups excluding carboxylic acids is 2. The number of rotatable bonds is 6. The molecule has 1 aromatic carbocycles. The summed E-state index contributed by atoms with van der Waals surface area (Å²) in [4.78, 5) is 32.6. The van der Waals surface area contributed by atoms with Crippen molar-refractivity contribution >= 4 is 11.8 Å². The van der Waals surface area contributed by atoms with Gasteiger partial charge in [0.25, 0.3) is 5.91 Å². The highest BCUT2D eigenvalue weighted by molar-refractivity contribution is 5.94. The van der Waals surface area contributed by atoms with Crippen molar-refractivity contribution in [2.45, 2.75) is 45.6 Å². The number of hydrogen-bond acceptors (Lipinski definition) is 4. The average molecular weight is 438 g/mol. The molecule has 1 aliphatic heterocycles. The van der Waals surface area contributed by atoms with Crippen LogP contribution < -0.4 is 4.74 Å². The predicted octanol–water partition coefficient (Wildman–Crippen LogP) is 3.24. The van der Waals surface area contributed by atoms with Gasteiger partial charge in [-0.25, -0.2) is 4.98 Å². The van der Waals surface area contributed by atoms with E-state index in [1.165, 1.54) is 12.1 Å². The first-order valence-corrected chi connectivity index (χ1v) is 10.0. The lowest BCUT2D eigenvalue weighted by Crippen LogP contribution is -2.49. The standard InChI is InChI=1S/C21H25F3N4O3/c1-15-25-9-12-26(15)13-14-28(16(2)29)18-7-10-27(11-8-18)20(30)17-3-5-19(6-4-17)31-21(22,23)24/h3-6,9,12,18H,7-8,10-11,13-14H2,1-2H3. The number of nitrogens with zero attached hydrogens (tertiary/aromatic N) is 4. The van der Waals surface area contributed by atoms with Gasteiger partial charge in [0.1, 0.15) is 11.6 Å². The molecule has 0 bridgehead atoms. The summed E-state index contributed by atoms with van der Waals surface area (Å²) in [6.07, 6.45) is 0.110. The van der Waals surface area contributed by atoms with Crippen LogP contribution >= 0.6 is 0 Å². The van der Waals surface area contributed by atoms with Crippen molar-refractivity contribution in [1.29, 1.82) is 0 Å². The summed E-state index contributed by atoms with van der Waals surface area (Å²) in [6.45, 7) is 5.60. The van der Waals surface area contributed by atoms with E-state index in [1.54, 1.807) is 18.0 Å². The molecule has 0 aliphatic carbocycles. The van der Waals surface area contributed by atoms with Crippen LogP contribution in [0.25, 0.3) is 0 Å². The minimum absolute atomic E-state index is 0.0113. The van der Waals surface area contributed by atoms with E-state index in [4.69, 9.17) is 0 Å². The Morgan fingerprint density at radius 2 is 1.84 bits per heavy atom. The Morgan fingerprint density at radius 1 is 1.19 bits per heavy atom. The number of imidazole rings is 1. The molecule has 3 rings (SSSR count). The third kappa shape index (κ3) is 5.99. The number of aromatic nitrogens is 2. The molecular formula is C21H25F3N4O3. The number of carbonyl (C=O) groups is 2. The smallest absolute Gasteiger partial charge is 0.406 e. The second-order valence-corrected chi connectivity index (χ2v) is 7.48. The lowest BCUT2D eigenvalue weighted by Gasteiger charge is -2.38. The van der Waals surface area contributed by atoms with Crippen LogP contribution in [0.1, 0.15) is 35.9 Å². The minimum atomic E-state index is -4.77. The Bertz CT molecular complexity index is 903. The van der Waals surface area contributed by atoms with Crippen molar-refractivity contribution in [3.05, 3.63) is 48.0 Å². The molecule has 0 radical (unpaired) electrons. The van der Waals surface area contributed by atoms with E-state index in [2.05, 4.69) is 9.72 Å². The summed E-state index contributed by atoms with van der Waals surface area (Å²) in [5, 5.41) is 0. The van der Waals surface area contributed by atoms with Crippen LogP contribution in [0.15, 0.2) is 36.7 Å². The van der Waals surface area contributed by atoms with Gasteiger partial charge in [-0.1, -0.05) is 0 Å². The molecule has 0 unspecified atom stereocenters. The minimum Gasteiger partial charge on any atom is -0.406 e. The first-order chi connectivity index (χ1) is 14.6. The van der Waals surface area contributed by atoms with Crippen molar-refractivity contribution in [2.75, 3.05) is 19.6 Å². The maximum absolute atomic E-state index is 12.7. The van der Waals surface area contributed by atoms with Crippen LogP contribution in [0.4, 0.5) is 13.2 Å². The maximum Gasteiger partial charge on any atom is 0.573 e. The van der Waals surface area contributed by atoms with Gasteiger partial charge in [-0.15, -0.1) is 13.2 Å². The third-order valence-electron chi connectivity index (χ3n) is 5.44. The molecule has 168 valence electrons. The highest BCUT2D eigenvalue weighted by Crippen LogP contribution is 2.24. The lowest BCUT2D eigenvalue weighted by molar-refractivity contribution is -0.274. The molecule has 0 spiro atoms. The molecule has 1 saturated heterocycles. The number of ether oxygens (including phenoxy) is 1. The van der Waals surface area contributed by atoms with Crippen LogP contribution in [0, 0.1) is 6.92 Å². The van der Waals surface area contributed by atoms with Gasteiger partial charge in [-0.3, -0.25) is 9.59 Å². The zero-order chi connectivity index (χ0) is 22.6. The SMILES string of the molecule is CC(=O)N(CCn1ccnc1C)C1CCN(C(=O)c2ccc(OC(F)(F)F)cc2)CC1. The van der Waals surface area contributed by atoms with Crippen LogP contribution in [0.2, 0.25) is 0 Å². The predicted molar refractivity (Wildman–Crippen MR) is 106 cm³/mol. The summed E-state index contributed by atoms with van der Waals surface area (Å²) in [6, 6.07) is 4.94. The molecule has 7 nitrogen and oxygen atoms in total. The number of benzene rings is 1. The average Bonchev–Trinajstić information content (AvgIpc) is 3.12. The van der Waals surface area contributed by atoms with Gasteiger partial charge in [0.15, 0.2) is 0 Å². The molecule has 0 atom stereocenters. The quantitative estimate of drug-likeness (QED) is 0.695. The van der Waals surface area contributed by atoms with Gasteiger partial charge in [0, 0.05) is 57.1 Å². The molecule has 0 saturated carbocycles. The topological polar surface area (TPSA) is 67.7 Å². The number of likely N-dealkylation sites (tertiary alicyclic amines) is 1. The molecule has 2 aromatic rings. The highest BCUT2D eigenvalue weighted by Gasteiger charge is 2.31. The number of alkyl halides is 3. The van der Waals surface area contributed by atoms with Crippen LogP contribution in [-0.2, 0) is 11.3 Å². The fraction of sp³-hybridized carbons (Fsp3) is 0.476. The van der Waals surface area contributed by atoms with Crippen LogP contribution in [0.5, 0.6) is 5.75 Å². The van der Waals surface area contributed by atoms with Crippen molar-refractivity contribution in [2.24, 2.45) is 0 Å². The number of amides is 2. The number of halogens is 3. The zero-order valence-electron chi connectivity index (χ0n) is 17.4. The van der Waals surface area contributed by atoms with Gasteiger partial charge in [-0.05, 0) is 44.0 Å². The monoisotopic (exact) mass is 438 g/mol. The summed E-state index contributed by atoms with van der Waals surface area (Å²) in [5.74, 6) is 0.256. The Labute approximate surface area is 178 Å². The molecule has 1 aromatic heterocycles. The zero-order valence-corrected chi connectivity index (χ0v) is 17.4. The first-order valence-electron chi connectivity index (χ1n) is 10.0. The molecule has 0 N–H and O–H groups in total. The second-order valence-electron chi connectivity index (χ2n) is 7.48. The normalized spacial score (nSPS) is 15.1. The van der Waals surface area contributed by atoms with Crippen molar-refractivity contribution in [3.8, 4) is 5.75 Å². The molecule has 1 aliphatic rings. The molecule has 2 heterocycles. The maximum atomic E-state index is 12.7. The van der Waals surface area contributed by atoms with Crippen LogP contribution in [0.3, 0.4) is 0 Å². The number of piperidine rings is 1. The highest BCUT2D eigenvalue weighted by atomic mass is 19.4. The Balaban J connectivity index is 1.55. The fourth-order valence-corrected chi connectivity index (χ4v) is 3.82. The molecule has 31 heavy (non-hydrogen) atoms. The van der Waals surface area contributed by atoms with E-state index in [0.717, 1.165) is 18.0 Å². The van der Waals surface area contributed by atoms with Gasteiger partial charge < -0.3 is 19.1 Å². The Kier molecular flexibility index (Phi) is 6.87. The van der Waals surface area contributed by atoms with E-state index in [0.29, 0.717) is 44.6 Å². The van der Waals surface area contributed by atoms with Gasteiger partial charge in [0.2, 0.25) is 5.91 Å². The van der Waals surface area contributed by atoms with E-state index in [1.807, 2.05) is 22.6 Å². The third-order valence-corrected chi connectivity index (χ3v) is 5.44. The summed E-state index contributed by atoms with van der Waals surface area (Å²) < 4.78 is 42.6. The fourth-order valence-electron chi connectivity index (χ4n) is 3.82. The number of aryl methyl sites for hydroxylation is 1. The largest absolute Gasteiger partial charge is 0.573 e. The van der Waals surface area contributed by atoms with Crippen molar-refractivity contribution < 1.29 is 27.5 Å². The van der Waals surface area contributed by atoms with Crippen molar-refractivity contribution in [3.63, 3.8) is 0 Å². The molecular weight excluding hydrogens is 413 g/mol. The molecule has 2 amide bonds. The molecule has 1 fully saturated rings. The van der Waals surface area contributed by atoms with Crippen molar-refractivity contribution in [1.82, 2.24) is 19.4 Å². The van der Waals surface area contributed by atoms with Gasteiger partial charge in [0.05, 0.1) is 0 Å². The van der Waals surface area contributed by atoms with E-state index in [9.17, 15) is 22.8 Å². The van der Waals surface area contributed by atoms with Gasteiger partial charge in [-0.2, -0.15) is 0 Å². The Morgan fingerprint density at radius 3 is 2.35 bits per heavy atom. The lowest BCUT2D eigenvalue weighted by atomic mass is 10.0. The van der Waals surface area contributed by atoms with Crippen LogP contribution in [-0.4, -0.2) is 63.2 Å². The van der Waals surface area contributed by atoms with E-state index in [-0.39, 0.29) is 23.6 Å². The number of hydrogen-bond donors (Lipinski definition) is 0. The summed E-state index contributed by atoms with van der Waals surface area (Å²) >= 11 is 0. The summed E-state index contributed by atoms with van der Waals surface area (Å²) in [5.41, 5.74) is 0.298. The van der Waals surface area contributed by atoms with Gasteiger partial charge >= 0.3 is 6.36 Å². The molecule has 10 heteroatoms. The van der Waals surface area contributed by atoms with E-state index < -0.39 is 6.36 Å².